The Morgan fingerprint density at radius 3 is 1.22 bits per heavy atom. The highest BCUT2D eigenvalue weighted by molar-refractivity contribution is 9.10. The summed E-state index contributed by atoms with van der Waals surface area (Å²) in [5.41, 5.74) is 21.1. The summed E-state index contributed by atoms with van der Waals surface area (Å²) in [6.07, 6.45) is 29.0. The molecule has 2 aliphatic heterocycles. The maximum atomic E-state index is 10.2. The van der Waals surface area contributed by atoms with Crippen molar-refractivity contribution in [2.45, 2.75) is 249 Å². The predicted molar refractivity (Wildman–Crippen MR) is 284 cm³/mol. The number of aliphatic hydroxyl groups is 1. The number of allylic oxidation sites excluding steroid dienone is 10. The highest BCUT2D eigenvalue weighted by atomic mass is 79.9. The molecule has 0 bridgehead atoms. The van der Waals surface area contributed by atoms with Crippen molar-refractivity contribution < 1.29 is 14.6 Å². The fraction of sp³-hybridized carbons (Fsp3) is 0.633. The number of hydrogen-bond acceptors (Lipinski definition) is 3. The third-order valence-corrected chi connectivity index (χ3v) is 15.6. The molecular weight excluding hydrogens is 849 g/mol. The van der Waals surface area contributed by atoms with E-state index in [0.29, 0.717) is 0 Å². The topological polar surface area (TPSA) is 38.7 Å². The van der Waals surface area contributed by atoms with Gasteiger partial charge in [0.2, 0.25) is 0 Å². The van der Waals surface area contributed by atoms with Crippen LogP contribution in [0.3, 0.4) is 0 Å². The molecule has 0 saturated carbocycles. The molecule has 1 unspecified atom stereocenters. The molecule has 0 fully saturated rings. The highest BCUT2D eigenvalue weighted by Crippen LogP contribution is 2.44. The van der Waals surface area contributed by atoms with Crippen LogP contribution in [0.2, 0.25) is 0 Å². The normalized spacial score (nSPS) is 19.8. The van der Waals surface area contributed by atoms with E-state index in [2.05, 4.69) is 157 Å². The summed E-state index contributed by atoms with van der Waals surface area (Å²) >= 11 is 3.56. The van der Waals surface area contributed by atoms with Crippen molar-refractivity contribution in [1.82, 2.24) is 0 Å². The van der Waals surface area contributed by atoms with Crippen LogP contribution in [0.1, 0.15) is 215 Å². The molecule has 2 aliphatic rings. The fourth-order valence-corrected chi connectivity index (χ4v) is 9.59. The number of halogens is 1. The molecule has 358 valence electrons. The van der Waals surface area contributed by atoms with Crippen molar-refractivity contribution in [3.63, 3.8) is 0 Å². The Bertz CT molecular complexity index is 2040. The van der Waals surface area contributed by atoms with Gasteiger partial charge >= 0.3 is 0 Å². The molecule has 3 nitrogen and oxygen atoms in total. The van der Waals surface area contributed by atoms with E-state index in [-0.39, 0.29) is 21.6 Å². The van der Waals surface area contributed by atoms with Crippen LogP contribution in [-0.2, 0) is 12.8 Å². The molecule has 4 rings (SSSR count). The van der Waals surface area contributed by atoms with Gasteiger partial charge in [-0.2, -0.15) is 0 Å². The van der Waals surface area contributed by atoms with Crippen molar-refractivity contribution in [3.8, 4) is 11.5 Å². The molecular formula is C60H93BrO3. The number of rotatable bonds is 19. The van der Waals surface area contributed by atoms with Gasteiger partial charge in [0, 0.05) is 4.32 Å². The zero-order valence-electron chi connectivity index (χ0n) is 44.4. The summed E-state index contributed by atoms with van der Waals surface area (Å²) in [5.74, 6) is 2.32. The van der Waals surface area contributed by atoms with Gasteiger partial charge in [-0.15, -0.1) is 0 Å². The van der Waals surface area contributed by atoms with Crippen LogP contribution >= 0.6 is 15.9 Å². The Morgan fingerprint density at radius 1 is 0.531 bits per heavy atom. The number of aliphatic hydroxyl groups excluding tert-OH is 1. The van der Waals surface area contributed by atoms with Gasteiger partial charge < -0.3 is 14.6 Å². The van der Waals surface area contributed by atoms with Gasteiger partial charge in [-0.25, -0.2) is 0 Å². The zero-order valence-corrected chi connectivity index (χ0v) is 46.0. The Kier molecular flexibility index (Phi) is 21.5. The molecule has 64 heavy (non-hydrogen) atoms. The fourth-order valence-electron chi connectivity index (χ4n) is 9.36. The second kappa shape index (κ2) is 24.8. The third-order valence-electron chi connectivity index (χ3n) is 15.1. The minimum Gasteiger partial charge on any atom is -0.487 e. The summed E-state index contributed by atoms with van der Waals surface area (Å²) in [7, 11) is 0. The van der Waals surface area contributed by atoms with Crippen molar-refractivity contribution in [3.05, 3.63) is 114 Å². The quantitative estimate of drug-likeness (QED) is 0.113. The van der Waals surface area contributed by atoms with E-state index in [4.69, 9.17) is 9.47 Å². The van der Waals surface area contributed by atoms with Gasteiger partial charge in [0.1, 0.15) is 22.7 Å². The number of fused-ring (bicyclic) bond motifs is 2. The van der Waals surface area contributed by atoms with Crippen molar-refractivity contribution in [2.24, 2.45) is 0 Å². The first-order valence-corrected chi connectivity index (χ1v) is 25.8. The Hall–Kier alpha value is -2.82. The second-order valence-corrected chi connectivity index (χ2v) is 23.6. The van der Waals surface area contributed by atoms with E-state index >= 15 is 0 Å². The van der Waals surface area contributed by atoms with E-state index in [1.165, 1.54) is 102 Å². The smallest absolute Gasteiger partial charge is 0.126 e. The van der Waals surface area contributed by atoms with Gasteiger partial charge in [0.05, 0.1) is 6.10 Å². The first-order chi connectivity index (χ1) is 29.8. The average Bonchev–Trinajstić information content (AvgIpc) is 3.22. The standard InChI is InChI=1S/C30H47BrO2.C30H46O/c1-20(12-10-13-21(2)15-16-27(32)29(7,8)31)14-11-18-30(9)19-17-26-24(5)22(3)23(4)25(6)28(26)33-30;1-21(2)13-10-14-22(3)15-11-16-23(4)17-12-19-30(9)20-18-28-26(7)24(5)25(6)27(8)29(28)31-30/h13-14,27,32H,10-12,15-19H2,1-9H3;13,15,17H,10-12,14,16,18-20H2,1-9H3/b20-14+,21-13+;22-15+,23-17+/t27?,30-;30-/m11/s1. The first-order valence-electron chi connectivity index (χ1n) is 25.0. The number of benzene rings is 2. The van der Waals surface area contributed by atoms with E-state index in [1.54, 1.807) is 0 Å². The van der Waals surface area contributed by atoms with Crippen LogP contribution < -0.4 is 9.47 Å². The average molecular weight is 942 g/mol. The molecule has 0 saturated heterocycles. The molecule has 1 N–H and O–H groups in total. The lowest BCUT2D eigenvalue weighted by Crippen LogP contribution is -2.37. The Morgan fingerprint density at radius 2 is 0.859 bits per heavy atom. The van der Waals surface area contributed by atoms with Gasteiger partial charge in [-0.05, 0) is 283 Å². The van der Waals surface area contributed by atoms with Crippen LogP contribution in [0.4, 0.5) is 0 Å². The minimum absolute atomic E-state index is 0.0515. The van der Waals surface area contributed by atoms with E-state index < -0.39 is 0 Å². The molecule has 0 aromatic heterocycles. The Balaban J connectivity index is 0.000000341. The Labute approximate surface area is 402 Å². The number of alkyl halides is 1. The summed E-state index contributed by atoms with van der Waals surface area (Å²) in [4.78, 5) is 0. The molecule has 3 atom stereocenters. The molecule has 0 amide bonds. The molecule has 0 aliphatic carbocycles. The van der Waals surface area contributed by atoms with Crippen LogP contribution in [-0.4, -0.2) is 26.7 Å². The first kappa shape index (κ1) is 55.5. The maximum Gasteiger partial charge on any atom is 0.126 e. The van der Waals surface area contributed by atoms with E-state index in [0.717, 1.165) is 95.6 Å². The third kappa shape index (κ3) is 16.5. The van der Waals surface area contributed by atoms with Crippen LogP contribution in [0.25, 0.3) is 0 Å². The molecule has 2 heterocycles. The largest absolute Gasteiger partial charge is 0.487 e. The highest BCUT2D eigenvalue weighted by Gasteiger charge is 2.35. The van der Waals surface area contributed by atoms with Gasteiger partial charge in [-0.1, -0.05) is 74.2 Å². The molecule has 0 radical (unpaired) electrons. The van der Waals surface area contributed by atoms with Crippen LogP contribution in [0.15, 0.2) is 58.2 Å². The summed E-state index contributed by atoms with van der Waals surface area (Å²) < 4.78 is 13.1. The van der Waals surface area contributed by atoms with Gasteiger partial charge in [0.25, 0.3) is 0 Å². The molecule has 2 aromatic rings. The summed E-state index contributed by atoms with van der Waals surface area (Å²) in [5, 5.41) is 10.2. The summed E-state index contributed by atoms with van der Waals surface area (Å²) in [6.45, 7) is 39.9. The van der Waals surface area contributed by atoms with Crippen LogP contribution in [0.5, 0.6) is 11.5 Å². The van der Waals surface area contributed by atoms with Crippen molar-refractivity contribution >= 4 is 15.9 Å². The molecule has 0 spiro atoms. The minimum atomic E-state index is -0.321. The lowest BCUT2D eigenvalue weighted by molar-refractivity contribution is 0.0557. The molecule has 4 heteroatoms. The van der Waals surface area contributed by atoms with Crippen LogP contribution in [0, 0.1) is 55.4 Å². The van der Waals surface area contributed by atoms with Crippen molar-refractivity contribution in [1.29, 1.82) is 0 Å². The van der Waals surface area contributed by atoms with Gasteiger partial charge in [0.15, 0.2) is 0 Å². The van der Waals surface area contributed by atoms with E-state index in [9.17, 15) is 5.11 Å². The zero-order chi connectivity index (χ0) is 48.2. The summed E-state index contributed by atoms with van der Waals surface area (Å²) in [6, 6.07) is 0. The monoisotopic (exact) mass is 941 g/mol. The van der Waals surface area contributed by atoms with E-state index in [1.807, 2.05) is 13.8 Å². The lowest BCUT2D eigenvalue weighted by atomic mass is 9.83. The predicted octanol–water partition coefficient (Wildman–Crippen LogP) is 18.0. The van der Waals surface area contributed by atoms with Gasteiger partial charge in [-0.3, -0.25) is 0 Å². The second-order valence-electron chi connectivity index (χ2n) is 21.5. The number of ether oxygens (including phenoxy) is 2. The molecule has 2 aromatic carbocycles. The van der Waals surface area contributed by atoms with Crippen molar-refractivity contribution in [2.75, 3.05) is 0 Å². The lowest BCUT2D eigenvalue weighted by Gasteiger charge is -2.38. The SMILES string of the molecule is C/C(=C\CC[C@]1(C)CCc2c(C)c(C)c(C)c(C)c2O1)CC/C=C(\C)CCC(O)C(C)(C)Br.CC(C)=CCC/C(C)=C/CC/C(C)=C/CC[C@]1(C)CCc2c(C)c(C)c(C)c(C)c2O1. The number of hydrogen-bond donors (Lipinski definition) is 1. The maximum absolute atomic E-state index is 10.2.